The van der Waals surface area contributed by atoms with Crippen molar-refractivity contribution in [3.8, 4) is 0 Å². The Kier molecular flexibility index (Phi) is 3.27. The third kappa shape index (κ3) is 2.51. The van der Waals surface area contributed by atoms with E-state index in [0.717, 1.165) is 5.56 Å². The normalized spacial score (nSPS) is 18.9. The topological polar surface area (TPSA) is 23.5 Å². The van der Waals surface area contributed by atoms with Gasteiger partial charge in [0.05, 0.1) is 6.10 Å². The number of hydrogen-bond donors (Lipinski definition) is 1. The summed E-state index contributed by atoms with van der Waals surface area (Å²) >= 11 is 0. The van der Waals surface area contributed by atoms with Crippen LogP contribution in [-0.2, 0) is 0 Å². The molecule has 1 N–H and O–H groups in total. The number of rotatable bonds is 2. The van der Waals surface area contributed by atoms with E-state index in [2.05, 4.69) is 17.0 Å². The van der Waals surface area contributed by atoms with E-state index >= 15 is 0 Å². The molecule has 0 aromatic heterocycles. The molecule has 2 heteroatoms. The molecule has 0 saturated carbocycles. The molecule has 1 aromatic carbocycles. The molecule has 2 rings (SSSR count). The third-order valence-corrected chi connectivity index (χ3v) is 3.10. The van der Waals surface area contributed by atoms with E-state index in [1.54, 1.807) is 6.92 Å². The maximum absolute atomic E-state index is 9.41. The van der Waals surface area contributed by atoms with Crippen molar-refractivity contribution in [3.05, 3.63) is 29.8 Å². The van der Waals surface area contributed by atoms with Crippen LogP contribution in [0.15, 0.2) is 24.3 Å². The molecular formula is C13H19NO. The minimum absolute atomic E-state index is 0.361. The summed E-state index contributed by atoms with van der Waals surface area (Å²) in [6.45, 7) is 4.15. The van der Waals surface area contributed by atoms with Gasteiger partial charge in [-0.2, -0.15) is 0 Å². The zero-order valence-corrected chi connectivity index (χ0v) is 9.32. The van der Waals surface area contributed by atoms with Crippen LogP contribution in [0, 0.1) is 0 Å². The summed E-state index contributed by atoms with van der Waals surface area (Å²) in [5, 5.41) is 9.41. The second-order valence-electron chi connectivity index (χ2n) is 4.32. The van der Waals surface area contributed by atoms with Gasteiger partial charge in [-0.3, -0.25) is 0 Å². The highest BCUT2D eigenvalue weighted by atomic mass is 16.3. The van der Waals surface area contributed by atoms with Gasteiger partial charge >= 0.3 is 0 Å². The molecule has 82 valence electrons. The van der Waals surface area contributed by atoms with Crippen LogP contribution in [0.25, 0.3) is 0 Å². The predicted molar refractivity (Wildman–Crippen MR) is 63.1 cm³/mol. The predicted octanol–water partition coefficient (Wildman–Crippen LogP) is 2.73. The number of hydrogen-bond acceptors (Lipinski definition) is 2. The molecule has 1 fully saturated rings. The molecule has 0 unspecified atom stereocenters. The van der Waals surface area contributed by atoms with Crippen molar-refractivity contribution in [2.45, 2.75) is 32.3 Å². The average Bonchev–Trinajstić information content (AvgIpc) is 2.30. The summed E-state index contributed by atoms with van der Waals surface area (Å²) in [5.74, 6) is 0. The molecule has 1 aliphatic rings. The van der Waals surface area contributed by atoms with Gasteiger partial charge in [0.1, 0.15) is 0 Å². The molecule has 2 nitrogen and oxygen atoms in total. The molecule has 1 atom stereocenters. The molecular weight excluding hydrogens is 186 g/mol. The first-order chi connectivity index (χ1) is 7.27. The summed E-state index contributed by atoms with van der Waals surface area (Å²) in [6, 6.07) is 8.28. The summed E-state index contributed by atoms with van der Waals surface area (Å²) in [6.07, 6.45) is 3.61. The first-order valence-electron chi connectivity index (χ1n) is 5.80. The Labute approximate surface area is 91.5 Å². The van der Waals surface area contributed by atoms with Crippen LogP contribution >= 0.6 is 0 Å². The Morgan fingerprint density at radius 1 is 1.07 bits per heavy atom. The molecule has 0 bridgehead atoms. The van der Waals surface area contributed by atoms with Gasteiger partial charge in [0.15, 0.2) is 0 Å². The Hall–Kier alpha value is -1.02. The van der Waals surface area contributed by atoms with Crippen LogP contribution in [0.2, 0.25) is 0 Å². The van der Waals surface area contributed by atoms with Crippen molar-refractivity contribution in [1.82, 2.24) is 0 Å². The molecule has 0 spiro atoms. The number of aliphatic hydroxyl groups is 1. The lowest BCUT2D eigenvalue weighted by Crippen LogP contribution is -2.29. The Balaban J connectivity index is 2.08. The molecule has 1 heterocycles. The quantitative estimate of drug-likeness (QED) is 0.802. The first-order valence-corrected chi connectivity index (χ1v) is 5.80. The zero-order chi connectivity index (χ0) is 10.7. The van der Waals surface area contributed by atoms with Crippen molar-refractivity contribution >= 4 is 5.69 Å². The van der Waals surface area contributed by atoms with Crippen LogP contribution in [0.4, 0.5) is 5.69 Å². The van der Waals surface area contributed by atoms with E-state index in [9.17, 15) is 5.11 Å². The Morgan fingerprint density at radius 2 is 1.67 bits per heavy atom. The van der Waals surface area contributed by atoms with Crippen LogP contribution < -0.4 is 4.90 Å². The smallest absolute Gasteiger partial charge is 0.0761 e. The van der Waals surface area contributed by atoms with Crippen molar-refractivity contribution in [2.75, 3.05) is 18.0 Å². The van der Waals surface area contributed by atoms with Gasteiger partial charge in [-0.05, 0) is 43.9 Å². The van der Waals surface area contributed by atoms with Crippen molar-refractivity contribution in [2.24, 2.45) is 0 Å². The summed E-state index contributed by atoms with van der Waals surface area (Å²) < 4.78 is 0. The lowest BCUT2D eigenvalue weighted by molar-refractivity contribution is 0.199. The highest BCUT2D eigenvalue weighted by Gasteiger charge is 2.10. The Bertz CT molecular complexity index is 299. The minimum atomic E-state index is -0.361. The maximum atomic E-state index is 9.41. The van der Waals surface area contributed by atoms with E-state index in [1.165, 1.54) is 38.0 Å². The van der Waals surface area contributed by atoms with Crippen LogP contribution in [-0.4, -0.2) is 18.2 Å². The average molecular weight is 205 g/mol. The monoisotopic (exact) mass is 205 g/mol. The lowest BCUT2D eigenvalue weighted by atomic mass is 10.1. The van der Waals surface area contributed by atoms with Crippen LogP contribution in [0.5, 0.6) is 0 Å². The number of aliphatic hydroxyl groups excluding tert-OH is 1. The van der Waals surface area contributed by atoms with Gasteiger partial charge in [0.25, 0.3) is 0 Å². The summed E-state index contributed by atoms with van der Waals surface area (Å²) in [7, 11) is 0. The van der Waals surface area contributed by atoms with Gasteiger partial charge in [-0.25, -0.2) is 0 Å². The fourth-order valence-corrected chi connectivity index (χ4v) is 2.12. The lowest BCUT2D eigenvalue weighted by Gasteiger charge is -2.29. The number of piperidine rings is 1. The van der Waals surface area contributed by atoms with E-state index in [1.807, 2.05) is 12.1 Å². The highest BCUT2D eigenvalue weighted by Crippen LogP contribution is 2.22. The molecule has 1 aliphatic heterocycles. The molecule has 0 amide bonds. The van der Waals surface area contributed by atoms with E-state index in [-0.39, 0.29) is 6.10 Å². The fraction of sp³-hybridized carbons (Fsp3) is 0.538. The van der Waals surface area contributed by atoms with Crippen molar-refractivity contribution < 1.29 is 5.11 Å². The summed E-state index contributed by atoms with van der Waals surface area (Å²) in [4.78, 5) is 2.43. The molecule has 0 aliphatic carbocycles. The van der Waals surface area contributed by atoms with E-state index in [4.69, 9.17) is 0 Å². The molecule has 1 saturated heterocycles. The number of nitrogens with zero attached hydrogens (tertiary/aromatic N) is 1. The van der Waals surface area contributed by atoms with Crippen molar-refractivity contribution in [1.29, 1.82) is 0 Å². The standard InChI is InChI=1S/C13H19NO/c1-11(15)12-5-7-13(8-6-12)14-9-3-2-4-10-14/h5-8,11,15H,2-4,9-10H2,1H3/t11-/m1/s1. The molecule has 0 radical (unpaired) electrons. The summed E-state index contributed by atoms with van der Waals surface area (Å²) in [5.41, 5.74) is 2.29. The molecule has 15 heavy (non-hydrogen) atoms. The van der Waals surface area contributed by atoms with Crippen LogP contribution in [0.1, 0.15) is 37.9 Å². The van der Waals surface area contributed by atoms with Gasteiger partial charge in [0.2, 0.25) is 0 Å². The fourth-order valence-electron chi connectivity index (χ4n) is 2.12. The van der Waals surface area contributed by atoms with Gasteiger partial charge < -0.3 is 10.0 Å². The number of anilines is 1. The first kappa shape index (κ1) is 10.5. The second-order valence-corrected chi connectivity index (χ2v) is 4.32. The third-order valence-electron chi connectivity index (χ3n) is 3.10. The van der Waals surface area contributed by atoms with Gasteiger partial charge in [0, 0.05) is 18.8 Å². The van der Waals surface area contributed by atoms with Gasteiger partial charge in [-0.15, -0.1) is 0 Å². The highest BCUT2D eigenvalue weighted by molar-refractivity contribution is 5.48. The van der Waals surface area contributed by atoms with Crippen LogP contribution in [0.3, 0.4) is 0 Å². The van der Waals surface area contributed by atoms with E-state index < -0.39 is 0 Å². The largest absolute Gasteiger partial charge is 0.389 e. The second kappa shape index (κ2) is 4.67. The zero-order valence-electron chi connectivity index (χ0n) is 9.32. The number of benzene rings is 1. The SMILES string of the molecule is C[C@@H](O)c1ccc(N2CCCCC2)cc1. The molecule has 1 aromatic rings. The van der Waals surface area contributed by atoms with Crippen molar-refractivity contribution in [3.63, 3.8) is 0 Å². The Morgan fingerprint density at radius 3 is 2.20 bits per heavy atom. The minimum Gasteiger partial charge on any atom is -0.389 e. The maximum Gasteiger partial charge on any atom is 0.0761 e. The van der Waals surface area contributed by atoms with Gasteiger partial charge in [-0.1, -0.05) is 12.1 Å². The van der Waals surface area contributed by atoms with E-state index in [0.29, 0.717) is 0 Å².